The van der Waals surface area contributed by atoms with Crippen LogP contribution in [0.4, 0.5) is 5.69 Å². The Balaban J connectivity index is 1.96. The number of methoxy groups -OCH3 is 2. The van der Waals surface area contributed by atoms with Crippen LogP contribution >= 0.6 is 0 Å². The zero-order chi connectivity index (χ0) is 22.7. The highest BCUT2D eigenvalue weighted by molar-refractivity contribution is 6.01. The van der Waals surface area contributed by atoms with Gasteiger partial charge in [0.1, 0.15) is 12.2 Å². The van der Waals surface area contributed by atoms with E-state index in [1.54, 1.807) is 6.07 Å². The van der Waals surface area contributed by atoms with E-state index in [0.29, 0.717) is 28.0 Å². The summed E-state index contributed by atoms with van der Waals surface area (Å²) >= 11 is 0. The first-order valence-electron chi connectivity index (χ1n) is 9.48. The lowest BCUT2D eigenvalue weighted by atomic mass is 10.0. The molecular formula is C23H23NO7. The predicted octanol–water partition coefficient (Wildman–Crippen LogP) is 3.74. The van der Waals surface area contributed by atoms with Gasteiger partial charge in [0.2, 0.25) is 5.91 Å². The highest BCUT2D eigenvalue weighted by atomic mass is 16.5. The van der Waals surface area contributed by atoms with Crippen LogP contribution in [-0.4, -0.2) is 26.1 Å². The fourth-order valence-corrected chi connectivity index (χ4v) is 3.16. The number of hydrogen-bond acceptors (Lipinski definition) is 7. The number of fused-ring (bicyclic) bond motifs is 1. The standard InChI is InChI=1S/C23H23NO7/c1-12-6-16-15(8-22(26)31-19(16)7-13(12)2)11-30-23(27)17-9-20(28-4)21(29-5)10-18(17)24-14(3)25/h6-10H,11H2,1-5H3,(H,24,25). The highest BCUT2D eigenvalue weighted by Gasteiger charge is 2.20. The lowest BCUT2D eigenvalue weighted by Gasteiger charge is -2.15. The van der Waals surface area contributed by atoms with Crippen LogP contribution in [-0.2, 0) is 16.1 Å². The molecule has 0 spiro atoms. The molecule has 8 heteroatoms. The Bertz CT molecular complexity index is 1230. The number of ether oxygens (including phenoxy) is 3. The Kier molecular flexibility index (Phi) is 6.29. The molecule has 0 radical (unpaired) electrons. The second kappa shape index (κ2) is 8.91. The smallest absolute Gasteiger partial charge is 0.340 e. The van der Waals surface area contributed by atoms with E-state index < -0.39 is 11.6 Å². The van der Waals surface area contributed by atoms with Crippen molar-refractivity contribution in [3.63, 3.8) is 0 Å². The van der Waals surface area contributed by atoms with Gasteiger partial charge in [0.15, 0.2) is 11.5 Å². The van der Waals surface area contributed by atoms with Crippen molar-refractivity contribution in [3.05, 3.63) is 63.0 Å². The molecule has 1 N–H and O–H groups in total. The van der Waals surface area contributed by atoms with Gasteiger partial charge in [-0.15, -0.1) is 0 Å². The van der Waals surface area contributed by atoms with Gasteiger partial charge in [-0.3, -0.25) is 4.79 Å². The second-order valence-electron chi connectivity index (χ2n) is 7.03. The third-order valence-electron chi connectivity index (χ3n) is 4.86. The van der Waals surface area contributed by atoms with E-state index in [1.165, 1.54) is 39.3 Å². The Morgan fingerprint density at radius 3 is 2.26 bits per heavy atom. The number of esters is 1. The maximum atomic E-state index is 12.9. The first kappa shape index (κ1) is 21.9. The molecule has 0 aliphatic rings. The molecule has 0 unspecified atom stereocenters. The minimum absolute atomic E-state index is 0.0900. The molecule has 3 aromatic rings. The zero-order valence-electron chi connectivity index (χ0n) is 18.0. The van der Waals surface area contributed by atoms with Crippen LogP contribution in [0.5, 0.6) is 11.5 Å². The molecule has 31 heavy (non-hydrogen) atoms. The molecule has 2 aromatic carbocycles. The van der Waals surface area contributed by atoms with Crippen LogP contribution in [0.3, 0.4) is 0 Å². The van der Waals surface area contributed by atoms with Crippen molar-refractivity contribution in [1.29, 1.82) is 0 Å². The number of amides is 1. The van der Waals surface area contributed by atoms with E-state index >= 15 is 0 Å². The summed E-state index contributed by atoms with van der Waals surface area (Å²) < 4.78 is 21.2. The SMILES string of the molecule is COc1cc(NC(C)=O)c(C(=O)OCc2cc(=O)oc3cc(C)c(C)cc23)cc1OC. The second-order valence-corrected chi connectivity index (χ2v) is 7.03. The van der Waals surface area contributed by atoms with Gasteiger partial charge in [0.05, 0.1) is 25.5 Å². The largest absolute Gasteiger partial charge is 0.493 e. The number of carbonyl (C=O) groups is 2. The maximum absolute atomic E-state index is 12.9. The summed E-state index contributed by atoms with van der Waals surface area (Å²) in [6.07, 6.45) is 0. The number of hydrogen-bond donors (Lipinski definition) is 1. The summed E-state index contributed by atoms with van der Waals surface area (Å²) in [5, 5.41) is 3.28. The summed E-state index contributed by atoms with van der Waals surface area (Å²) in [4.78, 5) is 36.4. The van der Waals surface area contributed by atoms with Crippen LogP contribution in [0.2, 0.25) is 0 Å². The van der Waals surface area contributed by atoms with E-state index in [-0.39, 0.29) is 23.8 Å². The zero-order valence-corrected chi connectivity index (χ0v) is 18.0. The van der Waals surface area contributed by atoms with Gasteiger partial charge in [-0.1, -0.05) is 0 Å². The highest BCUT2D eigenvalue weighted by Crippen LogP contribution is 2.34. The molecule has 1 heterocycles. The lowest BCUT2D eigenvalue weighted by molar-refractivity contribution is -0.114. The number of nitrogens with one attached hydrogen (secondary N) is 1. The van der Waals surface area contributed by atoms with Gasteiger partial charge >= 0.3 is 11.6 Å². The average Bonchev–Trinajstić information content (AvgIpc) is 2.72. The van der Waals surface area contributed by atoms with Crippen molar-refractivity contribution < 1.29 is 28.2 Å². The topological polar surface area (TPSA) is 104 Å². The molecule has 0 aliphatic carbocycles. The fourth-order valence-electron chi connectivity index (χ4n) is 3.16. The van der Waals surface area contributed by atoms with Crippen LogP contribution in [0.1, 0.15) is 34.0 Å². The minimum atomic E-state index is -0.699. The molecule has 8 nitrogen and oxygen atoms in total. The predicted molar refractivity (Wildman–Crippen MR) is 115 cm³/mol. The van der Waals surface area contributed by atoms with E-state index in [2.05, 4.69) is 5.32 Å². The number of rotatable bonds is 6. The molecule has 0 fully saturated rings. The average molecular weight is 425 g/mol. The van der Waals surface area contributed by atoms with Gasteiger partial charge in [0, 0.05) is 36.1 Å². The van der Waals surface area contributed by atoms with Crippen LogP contribution in [0, 0.1) is 13.8 Å². The lowest BCUT2D eigenvalue weighted by Crippen LogP contribution is -2.14. The number of aryl methyl sites for hydroxylation is 2. The van der Waals surface area contributed by atoms with Crippen molar-refractivity contribution >= 4 is 28.5 Å². The van der Waals surface area contributed by atoms with Crippen molar-refractivity contribution in [2.24, 2.45) is 0 Å². The first-order chi connectivity index (χ1) is 14.7. The Morgan fingerprint density at radius 1 is 0.968 bits per heavy atom. The molecule has 0 bridgehead atoms. The Labute approximate surface area is 178 Å². The maximum Gasteiger partial charge on any atom is 0.340 e. The minimum Gasteiger partial charge on any atom is -0.493 e. The normalized spacial score (nSPS) is 10.6. The number of benzene rings is 2. The van der Waals surface area contributed by atoms with Crippen molar-refractivity contribution in [3.8, 4) is 11.5 Å². The molecule has 0 saturated heterocycles. The molecule has 162 valence electrons. The molecule has 0 saturated carbocycles. The molecule has 0 aliphatic heterocycles. The number of carbonyl (C=O) groups excluding carboxylic acids is 2. The van der Waals surface area contributed by atoms with E-state index in [1.807, 2.05) is 19.9 Å². The molecule has 1 amide bonds. The quantitative estimate of drug-likeness (QED) is 0.474. The van der Waals surface area contributed by atoms with Gasteiger partial charge in [-0.25, -0.2) is 9.59 Å². The third kappa shape index (κ3) is 4.69. The van der Waals surface area contributed by atoms with Gasteiger partial charge in [-0.2, -0.15) is 0 Å². The van der Waals surface area contributed by atoms with Crippen LogP contribution in [0.25, 0.3) is 11.0 Å². The molecule has 0 atom stereocenters. The summed E-state index contributed by atoms with van der Waals surface area (Å²) in [6.45, 7) is 5.03. The Morgan fingerprint density at radius 2 is 1.61 bits per heavy atom. The van der Waals surface area contributed by atoms with E-state index in [4.69, 9.17) is 18.6 Å². The fraction of sp³-hybridized carbons (Fsp3) is 0.261. The van der Waals surface area contributed by atoms with Crippen LogP contribution < -0.4 is 20.4 Å². The first-order valence-corrected chi connectivity index (χ1v) is 9.48. The molecule has 3 rings (SSSR count). The number of anilines is 1. The summed E-state index contributed by atoms with van der Waals surface area (Å²) in [6, 6.07) is 7.87. The van der Waals surface area contributed by atoms with E-state index in [9.17, 15) is 14.4 Å². The Hall–Kier alpha value is -3.81. The molecular weight excluding hydrogens is 402 g/mol. The molecule has 1 aromatic heterocycles. The van der Waals surface area contributed by atoms with Gasteiger partial charge in [0.25, 0.3) is 0 Å². The van der Waals surface area contributed by atoms with Crippen molar-refractivity contribution in [2.75, 3.05) is 19.5 Å². The van der Waals surface area contributed by atoms with Crippen molar-refractivity contribution in [2.45, 2.75) is 27.4 Å². The summed E-state index contributed by atoms with van der Waals surface area (Å²) in [7, 11) is 2.88. The summed E-state index contributed by atoms with van der Waals surface area (Å²) in [5.41, 5.74) is 2.71. The van der Waals surface area contributed by atoms with Gasteiger partial charge < -0.3 is 23.9 Å². The summed E-state index contributed by atoms with van der Waals surface area (Å²) in [5.74, 6) is -0.408. The third-order valence-corrected chi connectivity index (χ3v) is 4.86. The van der Waals surface area contributed by atoms with Crippen molar-refractivity contribution in [1.82, 2.24) is 0 Å². The van der Waals surface area contributed by atoms with Crippen LogP contribution in [0.15, 0.2) is 39.5 Å². The van der Waals surface area contributed by atoms with Gasteiger partial charge in [-0.05, 0) is 37.1 Å². The van der Waals surface area contributed by atoms with E-state index in [0.717, 1.165) is 11.1 Å². The monoisotopic (exact) mass is 425 g/mol.